The summed E-state index contributed by atoms with van der Waals surface area (Å²) in [7, 11) is 0. The molecule has 0 saturated carbocycles. The van der Waals surface area contributed by atoms with Gasteiger partial charge in [-0.3, -0.25) is 4.79 Å². The van der Waals surface area contributed by atoms with Crippen LogP contribution in [0.3, 0.4) is 0 Å². The molecule has 0 spiro atoms. The lowest BCUT2D eigenvalue weighted by atomic mass is 10.2. The van der Waals surface area contributed by atoms with Crippen LogP contribution in [-0.2, 0) is 11.3 Å². The Balaban J connectivity index is 1.66. The number of anilines is 1. The van der Waals surface area contributed by atoms with Crippen molar-refractivity contribution < 1.29 is 4.79 Å². The number of amides is 1. The molecule has 0 saturated heterocycles. The molecule has 0 bridgehead atoms. The van der Waals surface area contributed by atoms with Gasteiger partial charge in [0.05, 0.1) is 10.8 Å². The summed E-state index contributed by atoms with van der Waals surface area (Å²) in [5.41, 5.74) is 0.999. The summed E-state index contributed by atoms with van der Waals surface area (Å²) in [5.74, 6) is 1.33. The van der Waals surface area contributed by atoms with E-state index in [4.69, 9.17) is 11.6 Å². The summed E-state index contributed by atoms with van der Waals surface area (Å²) in [6, 6.07) is 13.2. The molecule has 0 fully saturated rings. The average molecular weight is 374 g/mol. The van der Waals surface area contributed by atoms with E-state index in [1.807, 2.05) is 41.8 Å². The van der Waals surface area contributed by atoms with E-state index in [0.29, 0.717) is 16.0 Å². The summed E-state index contributed by atoms with van der Waals surface area (Å²) in [6.45, 7) is 2.75. The average Bonchev–Trinajstić information content (AvgIpc) is 3.05. The lowest BCUT2D eigenvalue weighted by Gasteiger charge is -2.07. The lowest BCUT2D eigenvalue weighted by molar-refractivity contribution is -0.113. The fourth-order valence-corrected chi connectivity index (χ4v) is 3.15. The first-order valence-corrected chi connectivity index (χ1v) is 9.06. The smallest absolute Gasteiger partial charge is 0.236 e. The Hall–Kier alpha value is -2.38. The molecule has 2 aromatic heterocycles. The molecule has 0 aliphatic rings. The second-order valence-corrected chi connectivity index (χ2v) is 6.49. The first-order valence-electron chi connectivity index (χ1n) is 7.70. The number of hydrogen-bond acceptors (Lipinski definition) is 5. The quantitative estimate of drug-likeness (QED) is 0.666. The molecule has 0 radical (unpaired) electrons. The largest absolute Gasteiger partial charge is 0.310 e. The van der Waals surface area contributed by atoms with Crippen molar-refractivity contribution in [1.29, 1.82) is 0 Å². The number of pyridine rings is 1. The molecule has 0 aliphatic carbocycles. The molecule has 1 amide bonds. The van der Waals surface area contributed by atoms with E-state index in [1.54, 1.807) is 12.1 Å². The van der Waals surface area contributed by atoms with Crippen molar-refractivity contribution in [2.75, 3.05) is 11.1 Å². The van der Waals surface area contributed by atoms with Crippen molar-refractivity contribution in [3.8, 4) is 11.4 Å². The molecule has 3 rings (SSSR count). The van der Waals surface area contributed by atoms with Crippen molar-refractivity contribution in [2.24, 2.45) is 0 Å². The van der Waals surface area contributed by atoms with Crippen molar-refractivity contribution in [3.63, 3.8) is 0 Å². The minimum absolute atomic E-state index is 0.160. The number of halogens is 1. The van der Waals surface area contributed by atoms with Crippen LogP contribution in [0.4, 0.5) is 5.82 Å². The molecular formula is C17H16ClN5OS. The minimum Gasteiger partial charge on any atom is -0.310 e. The van der Waals surface area contributed by atoms with E-state index in [-0.39, 0.29) is 11.7 Å². The maximum Gasteiger partial charge on any atom is 0.236 e. The second kappa shape index (κ2) is 8.13. The van der Waals surface area contributed by atoms with Gasteiger partial charge in [0, 0.05) is 18.3 Å². The summed E-state index contributed by atoms with van der Waals surface area (Å²) in [4.78, 5) is 16.1. The Bertz CT molecular complexity index is 851. The molecule has 1 N–H and O–H groups in total. The number of aromatic nitrogens is 4. The number of nitrogens with one attached hydrogen (secondary N) is 1. The van der Waals surface area contributed by atoms with Gasteiger partial charge < -0.3 is 9.88 Å². The molecule has 2 heterocycles. The molecule has 0 unspecified atom stereocenters. The number of thioether (sulfide) groups is 1. The molecule has 0 aliphatic heterocycles. The summed E-state index contributed by atoms with van der Waals surface area (Å²) in [6.07, 6.45) is 1.49. The maximum absolute atomic E-state index is 12.1. The third-order valence-electron chi connectivity index (χ3n) is 3.39. The van der Waals surface area contributed by atoms with Crippen molar-refractivity contribution in [1.82, 2.24) is 19.7 Å². The van der Waals surface area contributed by atoms with Gasteiger partial charge >= 0.3 is 0 Å². The summed E-state index contributed by atoms with van der Waals surface area (Å²) >= 11 is 7.12. The van der Waals surface area contributed by atoms with Crippen LogP contribution in [0.5, 0.6) is 0 Å². The predicted molar refractivity (Wildman–Crippen MR) is 99.7 cm³/mol. The second-order valence-electron chi connectivity index (χ2n) is 5.11. The number of carbonyl (C=O) groups excluding carboxylic acids is 1. The predicted octanol–water partition coefficient (Wildman–Crippen LogP) is 3.74. The SMILES string of the molecule is CCn1c(SCC(=O)Nc2ccc(Cl)cn2)nnc1-c1ccccc1. The van der Waals surface area contributed by atoms with Crippen LogP contribution in [0.1, 0.15) is 6.92 Å². The third-order valence-corrected chi connectivity index (χ3v) is 4.58. The van der Waals surface area contributed by atoms with Crippen LogP contribution >= 0.6 is 23.4 Å². The van der Waals surface area contributed by atoms with Gasteiger partial charge in [-0.2, -0.15) is 0 Å². The summed E-state index contributed by atoms with van der Waals surface area (Å²) in [5, 5.41) is 12.4. The zero-order chi connectivity index (χ0) is 17.6. The first-order chi connectivity index (χ1) is 12.2. The molecule has 8 heteroatoms. The highest BCUT2D eigenvalue weighted by Gasteiger charge is 2.14. The molecule has 0 atom stereocenters. The molecule has 1 aromatic carbocycles. The lowest BCUT2D eigenvalue weighted by Crippen LogP contribution is -2.15. The molecule has 128 valence electrons. The normalized spacial score (nSPS) is 10.6. The highest BCUT2D eigenvalue weighted by molar-refractivity contribution is 7.99. The van der Waals surface area contributed by atoms with Gasteiger partial charge in [-0.25, -0.2) is 4.98 Å². The van der Waals surface area contributed by atoms with Crippen LogP contribution in [0.15, 0.2) is 53.8 Å². The zero-order valence-electron chi connectivity index (χ0n) is 13.5. The number of nitrogens with zero attached hydrogens (tertiary/aromatic N) is 4. The fourth-order valence-electron chi connectivity index (χ4n) is 2.24. The van der Waals surface area contributed by atoms with Crippen molar-refractivity contribution >= 4 is 35.1 Å². The van der Waals surface area contributed by atoms with Crippen LogP contribution in [-0.4, -0.2) is 31.4 Å². The van der Waals surface area contributed by atoms with E-state index < -0.39 is 0 Å². The zero-order valence-corrected chi connectivity index (χ0v) is 15.1. The third kappa shape index (κ3) is 4.37. The fraction of sp³-hybridized carbons (Fsp3) is 0.176. The monoisotopic (exact) mass is 373 g/mol. The number of benzene rings is 1. The van der Waals surface area contributed by atoms with E-state index in [9.17, 15) is 4.79 Å². The number of carbonyl (C=O) groups is 1. The maximum atomic E-state index is 12.1. The van der Waals surface area contributed by atoms with Gasteiger partial charge in [-0.1, -0.05) is 53.7 Å². The summed E-state index contributed by atoms with van der Waals surface area (Å²) < 4.78 is 1.99. The highest BCUT2D eigenvalue weighted by atomic mass is 35.5. The van der Waals surface area contributed by atoms with E-state index in [2.05, 4.69) is 20.5 Å². The van der Waals surface area contributed by atoms with E-state index >= 15 is 0 Å². The van der Waals surface area contributed by atoms with Crippen LogP contribution in [0.2, 0.25) is 5.02 Å². The van der Waals surface area contributed by atoms with Crippen LogP contribution < -0.4 is 5.32 Å². The number of rotatable bonds is 6. The van der Waals surface area contributed by atoms with Crippen molar-refractivity contribution in [2.45, 2.75) is 18.6 Å². The molecule has 3 aromatic rings. The standard InChI is InChI=1S/C17H16ClN5OS/c1-2-23-16(12-6-4-3-5-7-12)21-22-17(23)25-11-15(24)20-14-9-8-13(18)10-19-14/h3-10H,2,11H2,1H3,(H,19,20,24). The van der Waals surface area contributed by atoms with Gasteiger partial charge in [0.15, 0.2) is 11.0 Å². The number of hydrogen-bond donors (Lipinski definition) is 1. The molecule has 25 heavy (non-hydrogen) atoms. The van der Waals surface area contributed by atoms with Crippen molar-refractivity contribution in [3.05, 3.63) is 53.7 Å². The van der Waals surface area contributed by atoms with Gasteiger partial charge in [0.25, 0.3) is 0 Å². The minimum atomic E-state index is -0.160. The van der Waals surface area contributed by atoms with Gasteiger partial charge in [0.1, 0.15) is 5.82 Å². The van der Waals surface area contributed by atoms with Crippen LogP contribution in [0.25, 0.3) is 11.4 Å². The first kappa shape index (κ1) is 17.4. The van der Waals surface area contributed by atoms with Gasteiger partial charge in [0.2, 0.25) is 5.91 Å². The van der Waals surface area contributed by atoms with Crippen LogP contribution in [0, 0.1) is 0 Å². The van der Waals surface area contributed by atoms with E-state index in [0.717, 1.165) is 17.9 Å². The topological polar surface area (TPSA) is 72.7 Å². The van der Waals surface area contributed by atoms with E-state index in [1.165, 1.54) is 18.0 Å². The van der Waals surface area contributed by atoms with Gasteiger partial charge in [-0.15, -0.1) is 10.2 Å². The Morgan fingerprint density at radius 1 is 1.20 bits per heavy atom. The Morgan fingerprint density at radius 3 is 2.68 bits per heavy atom. The molecular weight excluding hydrogens is 358 g/mol. The Kier molecular flexibility index (Phi) is 5.67. The van der Waals surface area contributed by atoms with Gasteiger partial charge in [-0.05, 0) is 19.1 Å². The molecule has 6 nitrogen and oxygen atoms in total. The highest BCUT2D eigenvalue weighted by Crippen LogP contribution is 2.23. The Labute approximate surface area is 154 Å². The Morgan fingerprint density at radius 2 is 2.00 bits per heavy atom.